The zero-order valence-corrected chi connectivity index (χ0v) is 8.90. The number of nitrogens with zero attached hydrogens (tertiary/aromatic N) is 2. The van der Waals surface area contributed by atoms with Gasteiger partial charge in [0.25, 0.3) is 0 Å². The van der Waals surface area contributed by atoms with Gasteiger partial charge in [-0.05, 0) is 36.7 Å². The molecule has 1 aromatic carbocycles. The topological polar surface area (TPSA) is 27.0 Å². The molecule has 0 fully saturated rings. The fourth-order valence-corrected chi connectivity index (χ4v) is 1.86. The lowest BCUT2D eigenvalue weighted by molar-refractivity contribution is 0.373. The van der Waals surface area contributed by atoms with E-state index in [1.807, 2.05) is 24.3 Å². The molecule has 0 bridgehead atoms. The first-order chi connectivity index (χ1) is 7.29. The largest absolute Gasteiger partial charge is 0.302 e. The normalized spacial score (nSPS) is 16.9. The number of rotatable bonds is 1. The maximum absolute atomic E-state index is 8.71. The van der Waals surface area contributed by atoms with E-state index in [2.05, 4.69) is 24.1 Å². The Balaban J connectivity index is 2.23. The third-order valence-electron chi connectivity index (χ3n) is 2.73. The first kappa shape index (κ1) is 9.95. The Morgan fingerprint density at radius 1 is 1.27 bits per heavy atom. The van der Waals surface area contributed by atoms with Gasteiger partial charge in [0.2, 0.25) is 0 Å². The quantitative estimate of drug-likeness (QED) is 0.692. The second-order valence-corrected chi connectivity index (χ2v) is 3.94. The van der Waals surface area contributed by atoms with Crippen LogP contribution in [0.15, 0.2) is 30.3 Å². The van der Waals surface area contributed by atoms with Crippen molar-refractivity contribution in [2.75, 3.05) is 20.1 Å². The lowest BCUT2D eigenvalue weighted by Crippen LogP contribution is -2.24. The second-order valence-electron chi connectivity index (χ2n) is 3.94. The summed E-state index contributed by atoms with van der Waals surface area (Å²) >= 11 is 0. The van der Waals surface area contributed by atoms with E-state index in [0.29, 0.717) is 0 Å². The molecule has 0 amide bonds. The fourth-order valence-electron chi connectivity index (χ4n) is 1.86. The van der Waals surface area contributed by atoms with Crippen LogP contribution in [-0.2, 0) is 0 Å². The predicted octanol–water partition coefficient (Wildman–Crippen LogP) is 2.28. The molecular formula is C13H14N2. The zero-order chi connectivity index (χ0) is 10.7. The minimum atomic E-state index is 0.725. The van der Waals surface area contributed by atoms with Crippen LogP contribution in [0.5, 0.6) is 0 Å². The van der Waals surface area contributed by atoms with Crippen LogP contribution >= 0.6 is 0 Å². The summed E-state index contributed by atoms with van der Waals surface area (Å²) in [6.45, 7) is 2.14. The highest BCUT2D eigenvalue weighted by molar-refractivity contribution is 5.68. The van der Waals surface area contributed by atoms with Crippen molar-refractivity contribution in [3.8, 4) is 6.07 Å². The Bertz CT molecular complexity index is 409. The highest BCUT2D eigenvalue weighted by Gasteiger charge is 2.09. The van der Waals surface area contributed by atoms with Crippen molar-refractivity contribution in [1.82, 2.24) is 4.90 Å². The molecule has 1 aliphatic heterocycles. The van der Waals surface area contributed by atoms with Crippen LogP contribution in [0, 0.1) is 11.3 Å². The SMILES string of the molecule is CN1CCC=C(c2ccc(C#N)cc2)C1. The van der Waals surface area contributed by atoms with Crippen LogP contribution in [0.3, 0.4) is 0 Å². The Hall–Kier alpha value is -1.59. The number of hydrogen-bond donors (Lipinski definition) is 0. The van der Waals surface area contributed by atoms with Gasteiger partial charge in [0.1, 0.15) is 0 Å². The average molecular weight is 198 g/mol. The van der Waals surface area contributed by atoms with Gasteiger partial charge in [0.05, 0.1) is 11.6 Å². The van der Waals surface area contributed by atoms with Crippen molar-refractivity contribution in [2.45, 2.75) is 6.42 Å². The van der Waals surface area contributed by atoms with E-state index in [-0.39, 0.29) is 0 Å². The molecule has 0 saturated heterocycles. The molecule has 76 valence electrons. The van der Waals surface area contributed by atoms with Gasteiger partial charge in [0, 0.05) is 13.1 Å². The Kier molecular flexibility index (Phi) is 2.84. The summed E-state index contributed by atoms with van der Waals surface area (Å²) < 4.78 is 0. The standard InChI is InChI=1S/C13H14N2/c1-15-8-2-3-13(10-15)12-6-4-11(9-14)5-7-12/h3-7H,2,8,10H2,1H3. The molecule has 1 heterocycles. The van der Waals surface area contributed by atoms with Crippen LogP contribution < -0.4 is 0 Å². The van der Waals surface area contributed by atoms with Crippen molar-refractivity contribution in [2.24, 2.45) is 0 Å². The Morgan fingerprint density at radius 2 is 2.00 bits per heavy atom. The number of benzene rings is 1. The molecule has 0 N–H and O–H groups in total. The molecule has 0 atom stereocenters. The Morgan fingerprint density at radius 3 is 2.60 bits per heavy atom. The van der Waals surface area contributed by atoms with E-state index in [4.69, 9.17) is 5.26 Å². The summed E-state index contributed by atoms with van der Waals surface area (Å²) in [5.41, 5.74) is 3.33. The maximum atomic E-state index is 8.71. The van der Waals surface area contributed by atoms with Crippen LogP contribution in [0.1, 0.15) is 17.5 Å². The van der Waals surface area contributed by atoms with Crippen molar-refractivity contribution in [1.29, 1.82) is 5.26 Å². The lowest BCUT2D eigenvalue weighted by atomic mass is 10.0. The van der Waals surface area contributed by atoms with E-state index in [1.54, 1.807) is 0 Å². The van der Waals surface area contributed by atoms with Crippen molar-refractivity contribution in [3.05, 3.63) is 41.5 Å². The summed E-state index contributed by atoms with van der Waals surface area (Å²) in [5, 5.41) is 8.71. The number of hydrogen-bond acceptors (Lipinski definition) is 2. The smallest absolute Gasteiger partial charge is 0.0991 e. The van der Waals surface area contributed by atoms with Gasteiger partial charge in [-0.2, -0.15) is 5.26 Å². The molecule has 0 unspecified atom stereocenters. The minimum absolute atomic E-state index is 0.725. The maximum Gasteiger partial charge on any atom is 0.0991 e. The Labute approximate surface area is 90.4 Å². The first-order valence-corrected chi connectivity index (χ1v) is 5.18. The van der Waals surface area contributed by atoms with Crippen LogP contribution in [-0.4, -0.2) is 25.0 Å². The van der Waals surface area contributed by atoms with Crippen LogP contribution in [0.2, 0.25) is 0 Å². The summed E-state index contributed by atoms with van der Waals surface area (Å²) in [6, 6.07) is 9.96. The molecular weight excluding hydrogens is 184 g/mol. The molecule has 2 rings (SSSR count). The van der Waals surface area contributed by atoms with Crippen molar-refractivity contribution in [3.63, 3.8) is 0 Å². The number of nitriles is 1. The van der Waals surface area contributed by atoms with E-state index < -0.39 is 0 Å². The summed E-state index contributed by atoms with van der Waals surface area (Å²) in [4.78, 5) is 2.31. The monoisotopic (exact) mass is 198 g/mol. The molecule has 0 aromatic heterocycles. The lowest BCUT2D eigenvalue weighted by Gasteiger charge is -2.23. The van der Waals surface area contributed by atoms with Gasteiger partial charge in [-0.15, -0.1) is 0 Å². The number of likely N-dealkylation sites (N-methyl/N-ethyl adjacent to an activating group) is 1. The highest BCUT2D eigenvalue weighted by Crippen LogP contribution is 2.20. The second kappa shape index (κ2) is 4.29. The molecule has 15 heavy (non-hydrogen) atoms. The van der Waals surface area contributed by atoms with Gasteiger partial charge < -0.3 is 4.90 Å². The summed E-state index contributed by atoms with van der Waals surface area (Å²) in [5.74, 6) is 0. The summed E-state index contributed by atoms with van der Waals surface area (Å²) in [6.07, 6.45) is 3.41. The highest BCUT2D eigenvalue weighted by atomic mass is 15.1. The molecule has 1 aliphatic rings. The van der Waals surface area contributed by atoms with Gasteiger partial charge in [-0.1, -0.05) is 18.2 Å². The van der Waals surface area contributed by atoms with E-state index in [0.717, 1.165) is 25.1 Å². The van der Waals surface area contributed by atoms with Gasteiger partial charge in [-0.25, -0.2) is 0 Å². The first-order valence-electron chi connectivity index (χ1n) is 5.18. The average Bonchev–Trinajstić information content (AvgIpc) is 2.29. The molecule has 2 nitrogen and oxygen atoms in total. The van der Waals surface area contributed by atoms with Crippen LogP contribution in [0.25, 0.3) is 5.57 Å². The predicted molar refractivity (Wildman–Crippen MR) is 61.2 cm³/mol. The van der Waals surface area contributed by atoms with E-state index in [1.165, 1.54) is 11.1 Å². The van der Waals surface area contributed by atoms with Gasteiger partial charge >= 0.3 is 0 Å². The van der Waals surface area contributed by atoms with Gasteiger partial charge in [0.15, 0.2) is 0 Å². The molecule has 0 spiro atoms. The molecule has 0 radical (unpaired) electrons. The van der Waals surface area contributed by atoms with E-state index in [9.17, 15) is 0 Å². The minimum Gasteiger partial charge on any atom is -0.302 e. The third kappa shape index (κ3) is 2.26. The summed E-state index contributed by atoms with van der Waals surface area (Å²) in [7, 11) is 2.14. The van der Waals surface area contributed by atoms with Crippen molar-refractivity contribution >= 4 is 5.57 Å². The zero-order valence-electron chi connectivity index (χ0n) is 8.90. The van der Waals surface area contributed by atoms with Gasteiger partial charge in [-0.3, -0.25) is 0 Å². The van der Waals surface area contributed by atoms with E-state index >= 15 is 0 Å². The van der Waals surface area contributed by atoms with Crippen molar-refractivity contribution < 1.29 is 0 Å². The molecule has 1 aromatic rings. The molecule has 0 aliphatic carbocycles. The molecule has 0 saturated carbocycles. The van der Waals surface area contributed by atoms with Crippen LogP contribution in [0.4, 0.5) is 0 Å². The molecule has 2 heteroatoms. The third-order valence-corrected chi connectivity index (χ3v) is 2.73. The fraction of sp³-hybridized carbons (Fsp3) is 0.308.